The van der Waals surface area contributed by atoms with Crippen molar-refractivity contribution in [3.63, 3.8) is 0 Å². The summed E-state index contributed by atoms with van der Waals surface area (Å²) < 4.78 is 4.62. The van der Waals surface area contributed by atoms with E-state index >= 15 is 0 Å². The topological polar surface area (TPSA) is 96.8 Å². The summed E-state index contributed by atoms with van der Waals surface area (Å²) in [5.41, 5.74) is 2.85. The molecule has 3 rings (SSSR count). The molecule has 0 radical (unpaired) electrons. The fourth-order valence-electron chi connectivity index (χ4n) is 2.74. The zero-order chi connectivity index (χ0) is 20.4. The van der Waals surface area contributed by atoms with Crippen LogP contribution in [0.3, 0.4) is 0 Å². The van der Waals surface area contributed by atoms with Gasteiger partial charge in [0.25, 0.3) is 11.9 Å². The number of amides is 1. The predicted octanol–water partition coefficient (Wildman–Crippen LogP) is 2.74. The number of rotatable bonds is 3. The zero-order valence-corrected chi connectivity index (χ0v) is 16.5. The molecule has 0 unspecified atom stereocenters. The molecule has 1 fully saturated rings. The van der Waals surface area contributed by atoms with E-state index in [2.05, 4.69) is 25.0 Å². The standard InChI is InChI=1S/C19H18ClN5O3/c1-10-7-13(20)5-6-15(10)25-17(27)14(9-16(26)28-4)23-19(25)24-18-21-11(2)8-12(3)22-18/h5-9H,1-4H3,(H,21,22,23,24)/b14-9+. The highest BCUT2D eigenvalue weighted by molar-refractivity contribution is 6.32. The molecule has 0 aliphatic carbocycles. The number of nitrogens with zero attached hydrogens (tertiary/aromatic N) is 4. The van der Waals surface area contributed by atoms with Gasteiger partial charge in [0.1, 0.15) is 5.70 Å². The Kier molecular flexibility index (Phi) is 5.41. The lowest BCUT2D eigenvalue weighted by atomic mass is 10.2. The number of carbonyl (C=O) groups excluding carboxylic acids is 2. The second kappa shape index (κ2) is 7.77. The molecule has 28 heavy (non-hydrogen) atoms. The van der Waals surface area contributed by atoms with Gasteiger partial charge in [0.05, 0.1) is 18.9 Å². The molecule has 1 aliphatic rings. The molecule has 2 aromatic rings. The highest BCUT2D eigenvalue weighted by Gasteiger charge is 2.35. The lowest BCUT2D eigenvalue weighted by molar-refractivity contribution is -0.135. The number of nitrogens with one attached hydrogen (secondary N) is 1. The van der Waals surface area contributed by atoms with Crippen LogP contribution in [0.1, 0.15) is 17.0 Å². The van der Waals surface area contributed by atoms with Crippen molar-refractivity contribution in [1.29, 1.82) is 0 Å². The molecule has 8 nitrogen and oxygen atoms in total. The molecule has 0 spiro atoms. The number of benzene rings is 1. The lowest BCUT2D eigenvalue weighted by Gasteiger charge is -2.17. The van der Waals surface area contributed by atoms with Crippen LogP contribution < -0.4 is 10.2 Å². The van der Waals surface area contributed by atoms with Gasteiger partial charge < -0.3 is 10.1 Å². The van der Waals surface area contributed by atoms with Crippen molar-refractivity contribution in [2.24, 2.45) is 4.99 Å². The Morgan fingerprint density at radius 2 is 1.89 bits per heavy atom. The number of aromatic nitrogens is 2. The first-order valence-electron chi connectivity index (χ1n) is 8.36. The Morgan fingerprint density at radius 1 is 1.21 bits per heavy atom. The maximum atomic E-state index is 13.0. The number of ether oxygens (including phenoxy) is 1. The summed E-state index contributed by atoms with van der Waals surface area (Å²) in [6, 6.07) is 6.93. The van der Waals surface area contributed by atoms with E-state index in [1.807, 2.05) is 26.8 Å². The van der Waals surface area contributed by atoms with Gasteiger partial charge in [0.15, 0.2) is 0 Å². The first-order chi connectivity index (χ1) is 13.3. The van der Waals surface area contributed by atoms with Crippen molar-refractivity contribution < 1.29 is 14.3 Å². The van der Waals surface area contributed by atoms with Gasteiger partial charge in [-0.2, -0.15) is 4.99 Å². The van der Waals surface area contributed by atoms with Gasteiger partial charge in [0, 0.05) is 16.4 Å². The van der Waals surface area contributed by atoms with Crippen LogP contribution in [-0.4, -0.2) is 34.9 Å². The smallest absolute Gasteiger partial charge is 0.332 e. The molecule has 144 valence electrons. The fraction of sp³-hybridized carbons (Fsp3) is 0.211. The molecule has 0 bridgehead atoms. The van der Waals surface area contributed by atoms with E-state index in [9.17, 15) is 9.59 Å². The monoisotopic (exact) mass is 399 g/mol. The molecule has 1 aromatic carbocycles. The molecule has 0 saturated carbocycles. The summed E-state index contributed by atoms with van der Waals surface area (Å²) in [4.78, 5) is 38.9. The number of halogens is 1. The predicted molar refractivity (Wildman–Crippen MR) is 106 cm³/mol. The molecule has 1 aromatic heterocycles. The van der Waals surface area contributed by atoms with Crippen LogP contribution in [0.2, 0.25) is 5.02 Å². The summed E-state index contributed by atoms with van der Waals surface area (Å²) >= 11 is 6.04. The zero-order valence-electron chi connectivity index (χ0n) is 15.8. The first-order valence-corrected chi connectivity index (χ1v) is 8.74. The molecule has 9 heteroatoms. The van der Waals surface area contributed by atoms with Crippen molar-refractivity contribution >= 4 is 41.1 Å². The average Bonchev–Trinajstić information content (AvgIpc) is 2.89. The number of anilines is 1. The van der Waals surface area contributed by atoms with Gasteiger partial charge in [-0.25, -0.2) is 19.7 Å². The van der Waals surface area contributed by atoms with Crippen LogP contribution in [0.4, 0.5) is 11.6 Å². The molecule has 2 heterocycles. The number of methoxy groups -OCH3 is 1. The van der Waals surface area contributed by atoms with E-state index in [1.165, 1.54) is 12.0 Å². The van der Waals surface area contributed by atoms with E-state index in [4.69, 9.17) is 11.6 Å². The first kappa shape index (κ1) is 19.5. The number of hydrogen-bond donors (Lipinski definition) is 1. The summed E-state index contributed by atoms with van der Waals surface area (Å²) in [5.74, 6) is -0.745. The molecule has 1 amide bonds. The second-order valence-electron chi connectivity index (χ2n) is 6.16. The number of esters is 1. The summed E-state index contributed by atoms with van der Waals surface area (Å²) in [5, 5.41) is 3.40. The molecule has 0 atom stereocenters. The Morgan fingerprint density at radius 3 is 2.50 bits per heavy atom. The summed E-state index contributed by atoms with van der Waals surface area (Å²) in [6.45, 7) is 5.48. The van der Waals surface area contributed by atoms with Crippen molar-refractivity contribution in [3.05, 3.63) is 58.0 Å². The van der Waals surface area contributed by atoms with Crippen LogP contribution in [0, 0.1) is 20.8 Å². The number of aryl methyl sites for hydroxylation is 3. The van der Waals surface area contributed by atoms with E-state index in [-0.39, 0.29) is 17.6 Å². The normalized spacial score (nSPS) is 16.6. The minimum absolute atomic E-state index is 0.0318. The third-order valence-corrected chi connectivity index (χ3v) is 4.17. The van der Waals surface area contributed by atoms with Gasteiger partial charge in [-0.1, -0.05) is 11.6 Å². The fourth-order valence-corrected chi connectivity index (χ4v) is 2.97. The van der Waals surface area contributed by atoms with Crippen LogP contribution in [-0.2, 0) is 14.3 Å². The van der Waals surface area contributed by atoms with Gasteiger partial charge in [-0.05, 0) is 50.6 Å². The number of aliphatic imine (C=N–C) groups is 1. The van der Waals surface area contributed by atoms with Crippen molar-refractivity contribution in [3.8, 4) is 0 Å². The molecule has 1 aliphatic heterocycles. The third kappa shape index (κ3) is 4.01. The molecular weight excluding hydrogens is 382 g/mol. The highest BCUT2D eigenvalue weighted by Crippen LogP contribution is 2.28. The number of guanidine groups is 1. The van der Waals surface area contributed by atoms with Gasteiger partial charge in [-0.3, -0.25) is 4.79 Å². The number of carbonyl (C=O) groups is 2. The van der Waals surface area contributed by atoms with Crippen molar-refractivity contribution in [2.45, 2.75) is 20.8 Å². The van der Waals surface area contributed by atoms with Crippen LogP contribution in [0.5, 0.6) is 0 Å². The molecule has 1 N–H and O–H groups in total. The minimum atomic E-state index is -0.660. The Bertz CT molecular complexity index is 1010. The van der Waals surface area contributed by atoms with Gasteiger partial charge in [0.2, 0.25) is 5.96 Å². The Hall–Kier alpha value is -3.26. The van der Waals surface area contributed by atoms with Crippen molar-refractivity contribution in [2.75, 3.05) is 12.0 Å². The molecular formula is C19H18ClN5O3. The maximum Gasteiger partial charge on any atom is 0.332 e. The summed E-state index contributed by atoms with van der Waals surface area (Å²) in [7, 11) is 1.23. The summed E-state index contributed by atoms with van der Waals surface area (Å²) in [6.07, 6.45) is 1.07. The van der Waals surface area contributed by atoms with Gasteiger partial charge in [-0.15, -0.1) is 0 Å². The average molecular weight is 400 g/mol. The van der Waals surface area contributed by atoms with E-state index in [0.717, 1.165) is 23.0 Å². The second-order valence-corrected chi connectivity index (χ2v) is 6.60. The largest absolute Gasteiger partial charge is 0.466 e. The minimum Gasteiger partial charge on any atom is -0.466 e. The molecule has 1 saturated heterocycles. The lowest BCUT2D eigenvalue weighted by Crippen LogP contribution is -2.32. The van der Waals surface area contributed by atoms with Crippen LogP contribution >= 0.6 is 11.6 Å². The van der Waals surface area contributed by atoms with Crippen LogP contribution in [0.25, 0.3) is 0 Å². The van der Waals surface area contributed by atoms with E-state index < -0.39 is 11.9 Å². The Balaban J connectivity index is 2.13. The SMILES string of the molecule is COC(=O)/C=C1/N/C(=N\c2nc(C)cc(C)n2)N(c2ccc(Cl)cc2C)C1=O. The van der Waals surface area contributed by atoms with Crippen LogP contribution in [0.15, 0.2) is 41.0 Å². The number of hydrogen-bond acceptors (Lipinski definition) is 6. The van der Waals surface area contributed by atoms with E-state index in [0.29, 0.717) is 10.7 Å². The highest BCUT2D eigenvalue weighted by atomic mass is 35.5. The van der Waals surface area contributed by atoms with Crippen molar-refractivity contribution in [1.82, 2.24) is 15.3 Å². The quantitative estimate of drug-likeness (QED) is 0.629. The Labute approximate surface area is 166 Å². The third-order valence-electron chi connectivity index (χ3n) is 3.93. The maximum absolute atomic E-state index is 13.0. The van der Waals surface area contributed by atoms with E-state index in [1.54, 1.807) is 18.2 Å². The van der Waals surface area contributed by atoms with Gasteiger partial charge >= 0.3 is 5.97 Å².